The molecule has 3 N–H and O–H groups in total. The molecule has 0 aliphatic heterocycles. The lowest BCUT2D eigenvalue weighted by atomic mass is 10.1. The van der Waals surface area contributed by atoms with Gasteiger partial charge in [-0.15, -0.1) is 0 Å². The fourth-order valence-electron chi connectivity index (χ4n) is 1.82. The number of nitrogen functional groups attached to an aromatic ring is 1. The lowest BCUT2D eigenvalue weighted by Gasteiger charge is -2.15. The van der Waals surface area contributed by atoms with Crippen molar-refractivity contribution in [1.82, 2.24) is 0 Å². The number of benzene rings is 2. The van der Waals surface area contributed by atoms with Crippen LogP contribution in [0.4, 0.5) is 30.2 Å². The van der Waals surface area contributed by atoms with Gasteiger partial charge in [-0.25, -0.2) is 0 Å². The molecule has 20 heavy (non-hydrogen) atoms. The predicted molar refractivity (Wildman–Crippen MR) is 75.3 cm³/mol. The second-order valence-electron chi connectivity index (χ2n) is 4.36. The van der Waals surface area contributed by atoms with Crippen LogP contribution in [-0.4, -0.2) is 0 Å². The minimum absolute atomic E-state index is 0.162. The van der Waals surface area contributed by atoms with E-state index in [1.807, 2.05) is 0 Å². The molecule has 6 heteroatoms. The molecular weight excluding hydrogens is 289 g/mol. The van der Waals surface area contributed by atoms with Crippen LogP contribution in [0.3, 0.4) is 0 Å². The van der Waals surface area contributed by atoms with Crippen molar-refractivity contribution in [3.05, 3.63) is 52.5 Å². The van der Waals surface area contributed by atoms with Crippen LogP contribution >= 0.6 is 11.6 Å². The fourth-order valence-corrected chi connectivity index (χ4v) is 2.05. The molecule has 0 aliphatic carbocycles. The third-order valence-corrected chi connectivity index (χ3v) is 3.17. The maximum Gasteiger partial charge on any atom is 0.416 e. The molecule has 0 aromatic heterocycles. The minimum atomic E-state index is -4.40. The molecule has 0 radical (unpaired) electrons. The van der Waals surface area contributed by atoms with E-state index in [2.05, 4.69) is 5.32 Å². The Balaban J connectivity index is 2.40. The third-order valence-electron chi connectivity index (χ3n) is 2.86. The molecule has 0 spiro atoms. The summed E-state index contributed by atoms with van der Waals surface area (Å²) in [6, 6.07) is 8.88. The van der Waals surface area contributed by atoms with Crippen molar-refractivity contribution in [1.29, 1.82) is 0 Å². The standard InChI is InChI=1S/C14H12ClF3N2/c1-8-5-6-9(7-10(8)14(16,17)18)20-13-11(15)3-2-4-12(13)19/h2-7,20H,19H2,1H3. The molecule has 2 rings (SSSR count). The highest BCUT2D eigenvalue weighted by Crippen LogP contribution is 2.36. The van der Waals surface area contributed by atoms with E-state index in [1.165, 1.54) is 13.0 Å². The van der Waals surface area contributed by atoms with Gasteiger partial charge in [-0.3, -0.25) is 0 Å². The predicted octanol–water partition coefficient (Wildman–Crippen LogP) is 4.99. The van der Waals surface area contributed by atoms with Crippen molar-refractivity contribution in [3.8, 4) is 0 Å². The lowest BCUT2D eigenvalue weighted by Crippen LogP contribution is -2.08. The van der Waals surface area contributed by atoms with Gasteiger partial charge in [0.05, 0.1) is 22.0 Å². The van der Waals surface area contributed by atoms with Crippen molar-refractivity contribution < 1.29 is 13.2 Å². The Hall–Kier alpha value is -1.88. The first-order valence-electron chi connectivity index (χ1n) is 5.78. The average Bonchev–Trinajstić information content (AvgIpc) is 2.34. The summed E-state index contributed by atoms with van der Waals surface area (Å²) in [5.74, 6) is 0. The zero-order valence-corrected chi connectivity index (χ0v) is 11.3. The zero-order chi connectivity index (χ0) is 14.9. The van der Waals surface area contributed by atoms with Gasteiger partial charge < -0.3 is 11.1 Å². The highest BCUT2D eigenvalue weighted by atomic mass is 35.5. The number of hydrogen-bond acceptors (Lipinski definition) is 2. The van der Waals surface area contributed by atoms with Gasteiger partial charge in [0.15, 0.2) is 0 Å². The van der Waals surface area contributed by atoms with Crippen molar-refractivity contribution in [2.24, 2.45) is 0 Å². The molecule has 2 aromatic rings. The van der Waals surface area contributed by atoms with Gasteiger partial charge in [-0.1, -0.05) is 23.7 Å². The van der Waals surface area contributed by atoms with Gasteiger partial charge in [0.25, 0.3) is 0 Å². The van der Waals surface area contributed by atoms with Crippen molar-refractivity contribution in [3.63, 3.8) is 0 Å². The molecule has 0 aliphatic rings. The molecule has 0 bridgehead atoms. The summed E-state index contributed by atoms with van der Waals surface area (Å²) < 4.78 is 38.5. The number of nitrogens with two attached hydrogens (primary N) is 1. The number of nitrogens with one attached hydrogen (secondary N) is 1. The van der Waals surface area contributed by atoms with Crippen LogP contribution in [0.1, 0.15) is 11.1 Å². The molecule has 106 valence electrons. The average molecular weight is 301 g/mol. The molecule has 2 nitrogen and oxygen atoms in total. The number of para-hydroxylation sites is 1. The molecule has 0 fully saturated rings. The summed E-state index contributed by atoms with van der Waals surface area (Å²) in [6.07, 6.45) is -4.40. The molecule has 0 atom stereocenters. The van der Waals surface area contributed by atoms with Gasteiger partial charge in [0.1, 0.15) is 0 Å². The molecule has 0 amide bonds. The SMILES string of the molecule is Cc1ccc(Nc2c(N)cccc2Cl)cc1C(F)(F)F. The number of rotatable bonds is 2. The Morgan fingerprint density at radius 3 is 2.45 bits per heavy atom. The second-order valence-corrected chi connectivity index (χ2v) is 4.76. The lowest BCUT2D eigenvalue weighted by molar-refractivity contribution is -0.138. The Morgan fingerprint density at radius 1 is 1.15 bits per heavy atom. The van der Waals surface area contributed by atoms with E-state index in [9.17, 15) is 13.2 Å². The first kappa shape index (κ1) is 14.5. The van der Waals surface area contributed by atoms with Gasteiger partial charge in [0.2, 0.25) is 0 Å². The summed E-state index contributed by atoms with van der Waals surface area (Å²) in [6.45, 7) is 1.41. The first-order chi connectivity index (χ1) is 9.29. The van der Waals surface area contributed by atoms with E-state index < -0.39 is 11.7 Å². The maximum atomic E-state index is 12.8. The summed E-state index contributed by atoms with van der Waals surface area (Å²) in [7, 11) is 0. The maximum absolute atomic E-state index is 12.8. The van der Waals surface area contributed by atoms with Crippen molar-refractivity contribution >= 4 is 28.7 Å². The van der Waals surface area contributed by atoms with Crippen LogP contribution in [0.5, 0.6) is 0 Å². The number of alkyl halides is 3. The Morgan fingerprint density at radius 2 is 1.85 bits per heavy atom. The summed E-state index contributed by atoms with van der Waals surface area (Å²) >= 11 is 5.98. The topological polar surface area (TPSA) is 38.0 Å². The van der Waals surface area contributed by atoms with E-state index >= 15 is 0 Å². The van der Waals surface area contributed by atoms with Crippen LogP contribution in [0.25, 0.3) is 0 Å². The van der Waals surface area contributed by atoms with E-state index in [-0.39, 0.29) is 11.3 Å². The largest absolute Gasteiger partial charge is 0.416 e. The zero-order valence-electron chi connectivity index (χ0n) is 10.6. The van der Waals surface area contributed by atoms with E-state index in [1.54, 1.807) is 24.3 Å². The number of halogens is 4. The van der Waals surface area contributed by atoms with Crippen LogP contribution in [0.15, 0.2) is 36.4 Å². The molecule has 0 saturated heterocycles. The summed E-state index contributed by atoms with van der Waals surface area (Å²) in [5, 5.41) is 3.17. The Kier molecular flexibility index (Phi) is 3.81. The Bertz CT molecular complexity index is 619. The second kappa shape index (κ2) is 5.25. The Labute approximate surface area is 119 Å². The first-order valence-corrected chi connectivity index (χ1v) is 6.15. The van der Waals surface area contributed by atoms with E-state index in [4.69, 9.17) is 17.3 Å². The van der Waals surface area contributed by atoms with Crippen LogP contribution < -0.4 is 11.1 Å². The highest BCUT2D eigenvalue weighted by Gasteiger charge is 2.32. The molecule has 2 aromatic carbocycles. The highest BCUT2D eigenvalue weighted by molar-refractivity contribution is 6.34. The van der Waals surface area contributed by atoms with Gasteiger partial charge >= 0.3 is 6.18 Å². The van der Waals surface area contributed by atoms with Crippen LogP contribution in [-0.2, 0) is 6.18 Å². The number of aryl methyl sites for hydroxylation is 1. The van der Waals surface area contributed by atoms with E-state index in [0.29, 0.717) is 16.4 Å². The van der Waals surface area contributed by atoms with Crippen LogP contribution in [0.2, 0.25) is 5.02 Å². The van der Waals surface area contributed by atoms with Crippen LogP contribution in [0, 0.1) is 6.92 Å². The quantitative estimate of drug-likeness (QED) is 0.767. The monoisotopic (exact) mass is 300 g/mol. The van der Waals surface area contributed by atoms with Gasteiger partial charge in [-0.05, 0) is 36.8 Å². The number of hydrogen-bond donors (Lipinski definition) is 2. The number of anilines is 3. The smallest absolute Gasteiger partial charge is 0.397 e. The summed E-state index contributed by atoms with van der Waals surface area (Å²) in [5.41, 5.74) is 6.27. The molecular formula is C14H12ClF3N2. The third kappa shape index (κ3) is 2.99. The molecule has 0 heterocycles. The molecule has 0 unspecified atom stereocenters. The normalized spacial score (nSPS) is 11.4. The van der Waals surface area contributed by atoms with Gasteiger partial charge in [0, 0.05) is 5.69 Å². The van der Waals surface area contributed by atoms with Crippen molar-refractivity contribution in [2.45, 2.75) is 13.1 Å². The van der Waals surface area contributed by atoms with Crippen molar-refractivity contribution in [2.75, 3.05) is 11.1 Å². The molecule has 0 saturated carbocycles. The fraction of sp³-hybridized carbons (Fsp3) is 0.143. The van der Waals surface area contributed by atoms with Gasteiger partial charge in [-0.2, -0.15) is 13.2 Å². The summed E-state index contributed by atoms with van der Waals surface area (Å²) in [4.78, 5) is 0. The minimum Gasteiger partial charge on any atom is -0.397 e. The van der Waals surface area contributed by atoms with E-state index in [0.717, 1.165) is 6.07 Å².